The summed E-state index contributed by atoms with van der Waals surface area (Å²) >= 11 is 5.75. The van der Waals surface area contributed by atoms with Gasteiger partial charge in [-0.15, -0.1) is 0 Å². The summed E-state index contributed by atoms with van der Waals surface area (Å²) in [7, 11) is -1.03. The third-order valence-electron chi connectivity index (χ3n) is 2.87. The van der Waals surface area contributed by atoms with E-state index in [1.54, 1.807) is 18.4 Å². The first-order chi connectivity index (χ1) is 10.1. The van der Waals surface area contributed by atoms with Gasteiger partial charge in [-0.2, -0.15) is 0 Å². The van der Waals surface area contributed by atoms with Gasteiger partial charge in [-0.1, -0.05) is 41.9 Å². The molecule has 0 saturated carbocycles. The van der Waals surface area contributed by atoms with Gasteiger partial charge in [-0.05, 0) is 17.7 Å². The SMILES string of the molecule is C[S@](=O)C[C@H](NC(=O)c1ccc(Cl)cn1)c1ccccc1. The lowest BCUT2D eigenvalue weighted by molar-refractivity contribution is 0.0935. The molecule has 2 atom stereocenters. The zero-order chi connectivity index (χ0) is 15.2. The fourth-order valence-corrected chi connectivity index (χ4v) is 2.74. The van der Waals surface area contributed by atoms with Gasteiger partial charge in [0.25, 0.3) is 5.91 Å². The van der Waals surface area contributed by atoms with E-state index in [0.717, 1.165) is 5.56 Å². The summed E-state index contributed by atoms with van der Waals surface area (Å²) in [6, 6.07) is 12.3. The summed E-state index contributed by atoms with van der Waals surface area (Å²) in [6.07, 6.45) is 3.04. The second-order valence-electron chi connectivity index (χ2n) is 4.54. The van der Waals surface area contributed by atoms with Crippen molar-refractivity contribution in [1.82, 2.24) is 10.3 Å². The highest BCUT2D eigenvalue weighted by molar-refractivity contribution is 7.84. The number of nitrogens with zero attached hydrogens (tertiary/aromatic N) is 1. The van der Waals surface area contributed by atoms with Crippen LogP contribution in [-0.2, 0) is 10.8 Å². The molecule has 1 N–H and O–H groups in total. The van der Waals surface area contributed by atoms with Crippen LogP contribution in [0.1, 0.15) is 22.1 Å². The highest BCUT2D eigenvalue weighted by Gasteiger charge is 2.17. The van der Waals surface area contributed by atoms with Crippen molar-refractivity contribution >= 4 is 28.3 Å². The highest BCUT2D eigenvalue weighted by Crippen LogP contribution is 2.15. The highest BCUT2D eigenvalue weighted by atomic mass is 35.5. The van der Waals surface area contributed by atoms with Gasteiger partial charge in [0.05, 0.1) is 11.1 Å². The van der Waals surface area contributed by atoms with Gasteiger partial charge in [-0.25, -0.2) is 4.98 Å². The number of benzene rings is 1. The summed E-state index contributed by atoms with van der Waals surface area (Å²) in [6.45, 7) is 0. The quantitative estimate of drug-likeness (QED) is 0.920. The molecule has 0 aliphatic heterocycles. The minimum Gasteiger partial charge on any atom is -0.343 e. The molecule has 0 spiro atoms. The molecule has 2 rings (SSSR count). The number of hydrogen-bond donors (Lipinski definition) is 1. The number of rotatable bonds is 5. The maximum Gasteiger partial charge on any atom is 0.270 e. The Bertz CT molecular complexity index is 632. The summed E-state index contributed by atoms with van der Waals surface area (Å²) in [5.74, 6) is 0.0366. The molecule has 0 fully saturated rings. The van der Waals surface area contributed by atoms with Crippen molar-refractivity contribution in [2.45, 2.75) is 6.04 Å². The maximum atomic E-state index is 12.2. The van der Waals surface area contributed by atoms with Crippen LogP contribution in [0, 0.1) is 0 Å². The van der Waals surface area contributed by atoms with Crippen LogP contribution in [0.5, 0.6) is 0 Å². The molecule has 1 aromatic heterocycles. The second-order valence-corrected chi connectivity index (χ2v) is 6.45. The van der Waals surface area contributed by atoms with Gasteiger partial charge in [-0.3, -0.25) is 9.00 Å². The lowest BCUT2D eigenvalue weighted by Gasteiger charge is -2.18. The van der Waals surface area contributed by atoms with E-state index in [1.165, 1.54) is 6.20 Å². The Morgan fingerprint density at radius 3 is 2.57 bits per heavy atom. The van der Waals surface area contributed by atoms with Crippen LogP contribution in [-0.4, -0.2) is 27.1 Å². The Hall–Kier alpha value is -1.72. The van der Waals surface area contributed by atoms with Crippen molar-refractivity contribution in [1.29, 1.82) is 0 Å². The Morgan fingerprint density at radius 2 is 2.00 bits per heavy atom. The summed E-state index contributed by atoms with van der Waals surface area (Å²) in [4.78, 5) is 16.2. The van der Waals surface area contributed by atoms with Gasteiger partial charge in [0.1, 0.15) is 5.69 Å². The fourth-order valence-electron chi connectivity index (χ4n) is 1.88. The topological polar surface area (TPSA) is 59.1 Å². The van der Waals surface area contributed by atoms with E-state index < -0.39 is 10.8 Å². The molecule has 0 aliphatic carbocycles. The van der Waals surface area contributed by atoms with E-state index in [0.29, 0.717) is 10.8 Å². The van der Waals surface area contributed by atoms with Gasteiger partial charge >= 0.3 is 0 Å². The Kier molecular flexibility index (Phi) is 5.47. The number of hydrogen-bond acceptors (Lipinski definition) is 3. The first-order valence-corrected chi connectivity index (χ1v) is 8.44. The van der Waals surface area contributed by atoms with Crippen LogP contribution < -0.4 is 5.32 Å². The predicted molar refractivity (Wildman–Crippen MR) is 84.8 cm³/mol. The smallest absolute Gasteiger partial charge is 0.270 e. The van der Waals surface area contributed by atoms with Crippen molar-refractivity contribution < 1.29 is 9.00 Å². The molecule has 6 heteroatoms. The molecule has 1 amide bonds. The van der Waals surface area contributed by atoms with Crippen LogP contribution in [0.3, 0.4) is 0 Å². The number of carbonyl (C=O) groups excluding carboxylic acids is 1. The second kappa shape index (κ2) is 7.33. The van der Waals surface area contributed by atoms with Crippen LogP contribution in [0.15, 0.2) is 48.7 Å². The van der Waals surface area contributed by atoms with E-state index in [4.69, 9.17) is 11.6 Å². The molecule has 0 bridgehead atoms. The van der Waals surface area contributed by atoms with E-state index >= 15 is 0 Å². The third kappa shape index (κ3) is 4.65. The van der Waals surface area contributed by atoms with Crippen molar-refractivity contribution in [3.05, 3.63) is 64.9 Å². The molecular formula is C15H15ClN2O2S. The first-order valence-electron chi connectivity index (χ1n) is 6.33. The maximum absolute atomic E-state index is 12.2. The number of carbonyl (C=O) groups is 1. The van der Waals surface area contributed by atoms with Gasteiger partial charge in [0.2, 0.25) is 0 Å². The van der Waals surface area contributed by atoms with Crippen LogP contribution in [0.4, 0.5) is 0 Å². The molecule has 1 heterocycles. The normalized spacial score (nSPS) is 13.4. The fraction of sp³-hybridized carbons (Fsp3) is 0.200. The molecule has 21 heavy (non-hydrogen) atoms. The summed E-state index contributed by atoms with van der Waals surface area (Å²) < 4.78 is 11.5. The third-order valence-corrected chi connectivity index (χ3v) is 3.89. The van der Waals surface area contributed by atoms with E-state index in [-0.39, 0.29) is 17.6 Å². The molecule has 0 radical (unpaired) electrons. The van der Waals surface area contributed by atoms with E-state index in [9.17, 15) is 9.00 Å². The Balaban J connectivity index is 2.17. The standard InChI is InChI=1S/C15H15ClN2O2S/c1-21(20)10-14(11-5-3-2-4-6-11)18-15(19)13-8-7-12(16)9-17-13/h2-9,14H,10H2,1H3,(H,18,19)/t14-,21-/m0/s1. The minimum atomic E-state index is -1.03. The van der Waals surface area contributed by atoms with E-state index in [1.807, 2.05) is 30.3 Å². The zero-order valence-electron chi connectivity index (χ0n) is 11.5. The number of pyridine rings is 1. The van der Waals surface area contributed by atoms with Crippen LogP contribution in [0.25, 0.3) is 0 Å². The molecular weight excluding hydrogens is 308 g/mol. The van der Waals surface area contributed by atoms with Crippen molar-refractivity contribution in [3.8, 4) is 0 Å². The largest absolute Gasteiger partial charge is 0.343 e. The lowest BCUT2D eigenvalue weighted by atomic mass is 10.1. The number of nitrogens with one attached hydrogen (secondary N) is 1. The average Bonchev–Trinajstić information content (AvgIpc) is 2.47. The molecule has 4 nitrogen and oxygen atoms in total. The average molecular weight is 323 g/mol. The lowest BCUT2D eigenvalue weighted by Crippen LogP contribution is -2.32. The van der Waals surface area contributed by atoms with Gasteiger partial charge in [0, 0.05) is 29.0 Å². The predicted octanol–water partition coefficient (Wildman–Crippen LogP) is 2.58. The monoisotopic (exact) mass is 322 g/mol. The van der Waals surface area contributed by atoms with Crippen molar-refractivity contribution in [2.24, 2.45) is 0 Å². The number of halogens is 1. The molecule has 0 aliphatic rings. The van der Waals surface area contributed by atoms with Crippen LogP contribution in [0.2, 0.25) is 5.02 Å². The van der Waals surface area contributed by atoms with Crippen molar-refractivity contribution in [2.75, 3.05) is 12.0 Å². The molecule has 2 aromatic rings. The molecule has 0 unspecified atom stereocenters. The minimum absolute atomic E-state index is 0.280. The Morgan fingerprint density at radius 1 is 1.29 bits per heavy atom. The van der Waals surface area contributed by atoms with Gasteiger partial charge in [0.15, 0.2) is 0 Å². The molecule has 0 saturated heterocycles. The van der Waals surface area contributed by atoms with Crippen LogP contribution >= 0.6 is 11.6 Å². The number of aromatic nitrogens is 1. The molecule has 1 aromatic carbocycles. The zero-order valence-corrected chi connectivity index (χ0v) is 13.0. The molecule has 110 valence electrons. The Labute approximate surface area is 131 Å². The summed E-state index contributed by atoms with van der Waals surface area (Å²) in [5, 5.41) is 3.34. The first kappa shape index (κ1) is 15.7. The van der Waals surface area contributed by atoms with E-state index in [2.05, 4.69) is 10.3 Å². The van der Waals surface area contributed by atoms with Crippen molar-refractivity contribution in [3.63, 3.8) is 0 Å². The van der Waals surface area contributed by atoms with Gasteiger partial charge < -0.3 is 5.32 Å². The summed E-state index contributed by atoms with van der Waals surface area (Å²) in [5.41, 5.74) is 1.19. The number of amides is 1.